The number of halogens is 1. The largest absolute Gasteiger partial charge is 0.334 e. The van der Waals surface area contributed by atoms with E-state index in [1.165, 1.54) is 0 Å². The Morgan fingerprint density at radius 1 is 1.07 bits per heavy atom. The second kappa shape index (κ2) is 9.27. The molecule has 1 N–H and O–H groups in total. The van der Waals surface area contributed by atoms with Crippen molar-refractivity contribution in [1.82, 2.24) is 14.9 Å². The van der Waals surface area contributed by atoms with E-state index in [2.05, 4.69) is 15.1 Å². The van der Waals surface area contributed by atoms with Crippen LogP contribution in [-0.2, 0) is 9.59 Å². The van der Waals surface area contributed by atoms with Crippen LogP contribution < -0.4 is 5.43 Å². The average Bonchev–Trinajstić information content (AvgIpc) is 2.88. The maximum absolute atomic E-state index is 12.3. The summed E-state index contributed by atoms with van der Waals surface area (Å²) in [6.45, 7) is 7.22. The topological polar surface area (TPSA) is 66.7 Å². The molecule has 1 saturated heterocycles. The number of carbonyl (C=O) groups is 2. The number of hydrogen-bond acceptors (Lipinski definition) is 3. The molecule has 6 nitrogen and oxygen atoms in total. The molecule has 2 heterocycles. The summed E-state index contributed by atoms with van der Waals surface area (Å²) in [5.74, 6) is -1.20. The van der Waals surface area contributed by atoms with E-state index >= 15 is 0 Å². The molecular formula is C22H27ClN4O2. The Morgan fingerprint density at radius 3 is 2.41 bits per heavy atom. The molecule has 0 saturated carbocycles. The zero-order valence-corrected chi connectivity index (χ0v) is 17.9. The molecular weight excluding hydrogens is 388 g/mol. The number of aryl methyl sites for hydroxylation is 2. The van der Waals surface area contributed by atoms with Crippen LogP contribution in [0.2, 0.25) is 5.02 Å². The van der Waals surface area contributed by atoms with Crippen molar-refractivity contribution < 1.29 is 9.59 Å². The number of hydrogen-bond donors (Lipinski definition) is 1. The smallest absolute Gasteiger partial charge is 0.329 e. The minimum Gasteiger partial charge on any atom is -0.334 e. The van der Waals surface area contributed by atoms with Gasteiger partial charge in [0.05, 0.1) is 6.21 Å². The van der Waals surface area contributed by atoms with E-state index in [1.54, 1.807) is 11.1 Å². The van der Waals surface area contributed by atoms with Gasteiger partial charge in [-0.2, -0.15) is 5.10 Å². The summed E-state index contributed by atoms with van der Waals surface area (Å²) in [7, 11) is 0. The van der Waals surface area contributed by atoms with Crippen LogP contribution in [0.25, 0.3) is 5.69 Å². The number of nitrogens with one attached hydrogen (secondary N) is 1. The van der Waals surface area contributed by atoms with Crippen molar-refractivity contribution in [3.8, 4) is 5.69 Å². The molecule has 0 radical (unpaired) electrons. The highest BCUT2D eigenvalue weighted by molar-refractivity contribution is 6.35. The van der Waals surface area contributed by atoms with Crippen molar-refractivity contribution in [3.63, 3.8) is 0 Å². The van der Waals surface area contributed by atoms with Crippen LogP contribution in [0.4, 0.5) is 0 Å². The molecule has 0 atom stereocenters. The van der Waals surface area contributed by atoms with Gasteiger partial charge in [-0.05, 0) is 57.4 Å². The summed E-state index contributed by atoms with van der Waals surface area (Å²) >= 11 is 6.27. The number of carbonyl (C=O) groups excluding carboxylic acids is 2. The minimum absolute atomic E-state index is 0.510. The maximum atomic E-state index is 12.3. The quantitative estimate of drug-likeness (QED) is 0.470. The summed E-state index contributed by atoms with van der Waals surface area (Å²) < 4.78 is 2.08. The second-order valence-electron chi connectivity index (χ2n) is 7.50. The van der Waals surface area contributed by atoms with Crippen LogP contribution in [0.1, 0.15) is 48.2 Å². The van der Waals surface area contributed by atoms with Crippen LogP contribution in [0.3, 0.4) is 0 Å². The number of rotatable bonds is 3. The number of benzene rings is 1. The molecule has 0 bridgehead atoms. The minimum atomic E-state index is -0.692. The number of likely N-dealkylation sites (tertiary alicyclic amines) is 1. The van der Waals surface area contributed by atoms with Crippen LogP contribution in [-0.4, -0.2) is 40.6 Å². The lowest BCUT2D eigenvalue weighted by Gasteiger charge is -2.18. The molecule has 1 fully saturated rings. The summed E-state index contributed by atoms with van der Waals surface area (Å²) in [6.07, 6.45) is 5.66. The predicted molar refractivity (Wildman–Crippen MR) is 116 cm³/mol. The molecule has 2 amide bonds. The number of amides is 2. The van der Waals surface area contributed by atoms with Crippen molar-refractivity contribution in [2.75, 3.05) is 13.1 Å². The Labute approximate surface area is 176 Å². The van der Waals surface area contributed by atoms with Gasteiger partial charge in [0.15, 0.2) is 0 Å². The number of hydrazone groups is 1. The standard InChI is InChI=1S/C22H27ClN4O2/c1-15-8-9-19(13-20(15)23)27-16(2)12-18(17(27)3)14-24-25-21(28)22(29)26-10-6-4-5-7-11-26/h8-9,12-14H,4-7,10-11H2,1-3H3,(H,25,28)/b24-14-. The lowest BCUT2D eigenvalue weighted by atomic mass is 10.2. The zero-order valence-electron chi connectivity index (χ0n) is 17.2. The molecule has 1 aromatic carbocycles. The van der Waals surface area contributed by atoms with E-state index in [1.807, 2.05) is 45.0 Å². The van der Waals surface area contributed by atoms with Gasteiger partial charge in [0.25, 0.3) is 0 Å². The number of nitrogens with zero attached hydrogens (tertiary/aromatic N) is 3. The van der Waals surface area contributed by atoms with Gasteiger partial charge in [-0.3, -0.25) is 9.59 Å². The van der Waals surface area contributed by atoms with Crippen molar-refractivity contribution >= 4 is 29.6 Å². The van der Waals surface area contributed by atoms with Gasteiger partial charge < -0.3 is 9.47 Å². The molecule has 0 spiro atoms. The van der Waals surface area contributed by atoms with Crippen molar-refractivity contribution in [2.24, 2.45) is 5.10 Å². The Balaban J connectivity index is 1.70. The summed E-state index contributed by atoms with van der Waals surface area (Å²) in [5.41, 5.74) is 7.22. The first-order valence-corrected chi connectivity index (χ1v) is 10.3. The third kappa shape index (κ3) is 4.88. The van der Waals surface area contributed by atoms with Crippen LogP contribution in [0, 0.1) is 20.8 Å². The lowest BCUT2D eigenvalue weighted by molar-refractivity contribution is -0.145. The van der Waals surface area contributed by atoms with E-state index in [9.17, 15) is 9.59 Å². The van der Waals surface area contributed by atoms with Crippen LogP contribution in [0.15, 0.2) is 29.4 Å². The molecule has 29 heavy (non-hydrogen) atoms. The van der Waals surface area contributed by atoms with E-state index in [-0.39, 0.29) is 0 Å². The molecule has 154 valence electrons. The summed E-state index contributed by atoms with van der Waals surface area (Å²) in [6, 6.07) is 7.91. The Bertz CT molecular complexity index is 941. The van der Waals surface area contributed by atoms with Gasteiger partial charge in [-0.15, -0.1) is 0 Å². The molecule has 7 heteroatoms. The van der Waals surface area contributed by atoms with Gasteiger partial charge in [-0.25, -0.2) is 5.43 Å². The first-order valence-electron chi connectivity index (χ1n) is 9.96. The first kappa shape index (κ1) is 21.1. The van der Waals surface area contributed by atoms with Crippen molar-refractivity contribution in [3.05, 3.63) is 51.8 Å². The second-order valence-corrected chi connectivity index (χ2v) is 7.91. The first-order chi connectivity index (χ1) is 13.9. The zero-order chi connectivity index (χ0) is 21.0. The fourth-order valence-electron chi connectivity index (χ4n) is 3.66. The van der Waals surface area contributed by atoms with Gasteiger partial charge >= 0.3 is 11.8 Å². The Hall–Kier alpha value is -2.60. The van der Waals surface area contributed by atoms with Crippen LogP contribution in [0.5, 0.6) is 0 Å². The third-order valence-corrected chi connectivity index (χ3v) is 5.75. The molecule has 3 rings (SSSR count). The highest BCUT2D eigenvalue weighted by Gasteiger charge is 2.22. The fraction of sp³-hybridized carbons (Fsp3) is 0.409. The highest BCUT2D eigenvalue weighted by Crippen LogP contribution is 2.24. The van der Waals surface area contributed by atoms with Gasteiger partial charge in [-0.1, -0.05) is 30.5 Å². The molecule has 1 aliphatic rings. The maximum Gasteiger partial charge on any atom is 0.329 e. The fourth-order valence-corrected chi connectivity index (χ4v) is 3.84. The monoisotopic (exact) mass is 414 g/mol. The summed E-state index contributed by atoms with van der Waals surface area (Å²) in [5, 5.41) is 4.72. The molecule has 1 aromatic heterocycles. The van der Waals surface area contributed by atoms with Gasteiger partial charge in [0.2, 0.25) is 0 Å². The van der Waals surface area contributed by atoms with Crippen molar-refractivity contribution in [2.45, 2.75) is 46.5 Å². The lowest BCUT2D eigenvalue weighted by Crippen LogP contribution is -2.41. The molecule has 1 aliphatic heterocycles. The van der Waals surface area contributed by atoms with E-state index in [0.29, 0.717) is 18.1 Å². The van der Waals surface area contributed by atoms with Crippen molar-refractivity contribution in [1.29, 1.82) is 0 Å². The SMILES string of the molecule is Cc1ccc(-n2c(C)cc(/C=N\NC(=O)C(=O)N3CCCCCC3)c2C)cc1Cl. The van der Waals surface area contributed by atoms with Crippen LogP contribution >= 0.6 is 11.6 Å². The third-order valence-electron chi connectivity index (χ3n) is 5.34. The predicted octanol–water partition coefficient (Wildman–Crippen LogP) is 3.91. The number of aromatic nitrogens is 1. The van der Waals surface area contributed by atoms with Gasteiger partial charge in [0, 0.05) is 40.8 Å². The highest BCUT2D eigenvalue weighted by atomic mass is 35.5. The van der Waals surface area contributed by atoms with E-state index in [4.69, 9.17) is 11.6 Å². The normalized spacial score (nSPS) is 14.8. The average molecular weight is 415 g/mol. The molecule has 0 aliphatic carbocycles. The Morgan fingerprint density at radius 2 is 1.76 bits per heavy atom. The molecule has 2 aromatic rings. The summed E-state index contributed by atoms with van der Waals surface area (Å²) in [4.78, 5) is 26.1. The van der Waals surface area contributed by atoms with Gasteiger partial charge in [0.1, 0.15) is 0 Å². The molecule has 0 unspecified atom stereocenters. The van der Waals surface area contributed by atoms with E-state index < -0.39 is 11.8 Å². The van der Waals surface area contributed by atoms with E-state index in [0.717, 1.165) is 53.9 Å². The Kier molecular flexibility index (Phi) is 6.75.